The molecule has 8 nitrogen and oxygen atoms in total. The van der Waals surface area contributed by atoms with Gasteiger partial charge in [-0.2, -0.15) is 0 Å². The SMILES string of the molecule is CC(C)(C)OC(=O)N1CCN(c2cc(N3CCC(Nc4ccccc4)C3)ncn2)CC1. The minimum atomic E-state index is -0.473. The molecule has 4 rings (SSSR count). The normalized spacial score (nSPS) is 19.5. The lowest BCUT2D eigenvalue weighted by Crippen LogP contribution is -2.50. The zero-order valence-corrected chi connectivity index (χ0v) is 18.6. The molecule has 3 heterocycles. The fourth-order valence-electron chi connectivity index (χ4n) is 3.98. The van der Waals surface area contributed by atoms with E-state index >= 15 is 0 Å². The van der Waals surface area contributed by atoms with Crippen LogP contribution in [0.1, 0.15) is 27.2 Å². The second-order valence-corrected chi connectivity index (χ2v) is 9.13. The number of piperazine rings is 1. The molecule has 1 aromatic carbocycles. The molecule has 2 fully saturated rings. The zero-order chi connectivity index (χ0) is 21.8. The number of benzene rings is 1. The first-order valence-electron chi connectivity index (χ1n) is 11.0. The van der Waals surface area contributed by atoms with Crippen LogP contribution in [0.5, 0.6) is 0 Å². The van der Waals surface area contributed by atoms with Crippen molar-refractivity contribution in [3.63, 3.8) is 0 Å². The number of carbonyl (C=O) groups is 1. The molecule has 31 heavy (non-hydrogen) atoms. The smallest absolute Gasteiger partial charge is 0.410 e. The summed E-state index contributed by atoms with van der Waals surface area (Å²) < 4.78 is 5.49. The summed E-state index contributed by atoms with van der Waals surface area (Å²) in [6.07, 6.45) is 2.47. The van der Waals surface area contributed by atoms with E-state index in [1.807, 2.05) is 39.0 Å². The minimum Gasteiger partial charge on any atom is -0.444 e. The molecule has 2 saturated heterocycles. The molecule has 1 unspecified atom stereocenters. The molecule has 2 aromatic rings. The lowest BCUT2D eigenvalue weighted by molar-refractivity contribution is 0.0240. The Morgan fingerprint density at radius 3 is 2.35 bits per heavy atom. The van der Waals surface area contributed by atoms with E-state index in [-0.39, 0.29) is 6.09 Å². The molecule has 0 aliphatic carbocycles. The van der Waals surface area contributed by atoms with E-state index in [1.165, 1.54) is 0 Å². The number of ether oxygens (including phenoxy) is 1. The van der Waals surface area contributed by atoms with E-state index in [0.717, 1.165) is 49.9 Å². The lowest BCUT2D eigenvalue weighted by Gasteiger charge is -2.36. The van der Waals surface area contributed by atoms with Crippen LogP contribution in [0, 0.1) is 0 Å². The van der Waals surface area contributed by atoms with Crippen molar-refractivity contribution >= 4 is 23.4 Å². The highest BCUT2D eigenvalue weighted by Crippen LogP contribution is 2.24. The minimum absolute atomic E-state index is 0.246. The first-order valence-corrected chi connectivity index (χ1v) is 11.0. The highest BCUT2D eigenvalue weighted by Gasteiger charge is 2.28. The number of nitrogens with one attached hydrogen (secondary N) is 1. The number of amides is 1. The Hall–Kier alpha value is -3.03. The average Bonchev–Trinajstić information content (AvgIpc) is 3.22. The van der Waals surface area contributed by atoms with E-state index in [9.17, 15) is 4.79 Å². The quantitative estimate of drug-likeness (QED) is 0.808. The second-order valence-electron chi connectivity index (χ2n) is 9.13. The summed E-state index contributed by atoms with van der Waals surface area (Å²) >= 11 is 0. The van der Waals surface area contributed by atoms with Gasteiger partial charge in [0.25, 0.3) is 0 Å². The largest absolute Gasteiger partial charge is 0.444 e. The topological polar surface area (TPSA) is 73.8 Å². The Morgan fingerprint density at radius 1 is 1.00 bits per heavy atom. The summed E-state index contributed by atoms with van der Waals surface area (Å²) in [5.74, 6) is 1.87. The van der Waals surface area contributed by atoms with Crippen molar-refractivity contribution in [1.82, 2.24) is 14.9 Å². The molecule has 0 saturated carbocycles. The first kappa shape index (κ1) is 21.2. The van der Waals surface area contributed by atoms with Crippen LogP contribution in [0.2, 0.25) is 0 Å². The molecular formula is C23H32N6O2. The van der Waals surface area contributed by atoms with Crippen molar-refractivity contribution in [1.29, 1.82) is 0 Å². The molecule has 2 aliphatic heterocycles. The monoisotopic (exact) mass is 424 g/mol. The Balaban J connectivity index is 1.32. The number of aromatic nitrogens is 2. The summed E-state index contributed by atoms with van der Waals surface area (Å²) in [7, 11) is 0. The van der Waals surface area contributed by atoms with Gasteiger partial charge in [-0.25, -0.2) is 14.8 Å². The van der Waals surface area contributed by atoms with E-state index in [4.69, 9.17) is 4.74 Å². The Labute approximate surface area is 184 Å². The number of hydrogen-bond acceptors (Lipinski definition) is 7. The van der Waals surface area contributed by atoms with Crippen molar-refractivity contribution in [2.45, 2.75) is 38.8 Å². The summed E-state index contributed by atoms with van der Waals surface area (Å²) in [4.78, 5) is 27.6. The summed E-state index contributed by atoms with van der Waals surface area (Å²) in [6.45, 7) is 10.3. The van der Waals surface area contributed by atoms with Crippen LogP contribution >= 0.6 is 0 Å². The highest BCUT2D eigenvalue weighted by molar-refractivity contribution is 5.68. The van der Waals surface area contributed by atoms with Gasteiger partial charge in [0.15, 0.2) is 0 Å². The van der Waals surface area contributed by atoms with E-state index < -0.39 is 5.60 Å². The van der Waals surface area contributed by atoms with Crippen LogP contribution < -0.4 is 15.1 Å². The van der Waals surface area contributed by atoms with Crippen LogP contribution in [0.4, 0.5) is 22.1 Å². The average molecular weight is 425 g/mol. The molecule has 1 N–H and O–H groups in total. The maximum Gasteiger partial charge on any atom is 0.410 e. The fourth-order valence-corrected chi connectivity index (χ4v) is 3.98. The maximum atomic E-state index is 12.3. The molecule has 0 radical (unpaired) electrons. The van der Waals surface area contributed by atoms with Crippen molar-refractivity contribution in [3.8, 4) is 0 Å². The molecule has 2 aliphatic rings. The van der Waals surface area contributed by atoms with Gasteiger partial charge < -0.3 is 24.8 Å². The van der Waals surface area contributed by atoms with Gasteiger partial charge in [-0.15, -0.1) is 0 Å². The molecular weight excluding hydrogens is 392 g/mol. The van der Waals surface area contributed by atoms with Crippen molar-refractivity contribution in [2.24, 2.45) is 0 Å². The highest BCUT2D eigenvalue weighted by atomic mass is 16.6. The maximum absolute atomic E-state index is 12.3. The summed E-state index contributed by atoms with van der Waals surface area (Å²) in [5, 5.41) is 3.61. The van der Waals surface area contributed by atoms with Crippen LogP contribution in [0.3, 0.4) is 0 Å². The van der Waals surface area contributed by atoms with Crippen LogP contribution in [0.15, 0.2) is 42.7 Å². The summed E-state index contributed by atoms with van der Waals surface area (Å²) in [6, 6.07) is 12.8. The number of nitrogens with zero attached hydrogens (tertiary/aromatic N) is 5. The van der Waals surface area contributed by atoms with Gasteiger partial charge >= 0.3 is 6.09 Å². The van der Waals surface area contributed by atoms with Gasteiger partial charge in [-0.05, 0) is 39.3 Å². The lowest BCUT2D eigenvalue weighted by atomic mass is 10.2. The van der Waals surface area contributed by atoms with E-state index in [2.05, 4.69) is 43.3 Å². The Morgan fingerprint density at radius 2 is 1.68 bits per heavy atom. The molecule has 1 atom stereocenters. The number of para-hydroxylation sites is 1. The Kier molecular flexibility index (Phi) is 6.15. The number of anilines is 3. The number of carbonyl (C=O) groups excluding carboxylic acids is 1. The van der Waals surface area contributed by atoms with Crippen molar-refractivity contribution in [3.05, 3.63) is 42.7 Å². The van der Waals surface area contributed by atoms with Crippen LogP contribution in [0.25, 0.3) is 0 Å². The van der Waals surface area contributed by atoms with Crippen LogP contribution in [-0.2, 0) is 4.74 Å². The third kappa shape index (κ3) is 5.57. The van der Waals surface area contributed by atoms with E-state index in [1.54, 1.807) is 11.2 Å². The molecule has 1 aromatic heterocycles. The molecule has 1 amide bonds. The molecule has 8 heteroatoms. The van der Waals surface area contributed by atoms with Gasteiger partial charge in [0.1, 0.15) is 23.6 Å². The molecule has 0 spiro atoms. The Bertz CT molecular complexity index is 877. The van der Waals surface area contributed by atoms with Gasteiger partial charge in [-0.3, -0.25) is 0 Å². The zero-order valence-electron chi connectivity index (χ0n) is 18.6. The van der Waals surface area contributed by atoms with Gasteiger partial charge in [0.05, 0.1) is 0 Å². The summed E-state index contributed by atoms with van der Waals surface area (Å²) in [5.41, 5.74) is 0.680. The van der Waals surface area contributed by atoms with Crippen molar-refractivity contribution < 1.29 is 9.53 Å². The molecule has 166 valence electrons. The van der Waals surface area contributed by atoms with Gasteiger partial charge in [-0.1, -0.05) is 18.2 Å². The van der Waals surface area contributed by atoms with Crippen LogP contribution in [-0.4, -0.2) is 71.9 Å². The standard InChI is InChI=1S/C23H32N6O2/c1-23(2,3)31-22(30)28-13-11-27(12-14-28)20-15-21(25-17-24-20)29-10-9-19(16-29)26-18-7-5-4-6-8-18/h4-8,15,17,19,26H,9-14,16H2,1-3H3. The van der Waals surface area contributed by atoms with Crippen molar-refractivity contribution in [2.75, 3.05) is 54.4 Å². The van der Waals surface area contributed by atoms with Gasteiger partial charge in [0, 0.05) is 57.1 Å². The fraction of sp³-hybridized carbons (Fsp3) is 0.522. The second kappa shape index (κ2) is 8.99. The third-order valence-corrected chi connectivity index (χ3v) is 5.55. The first-order chi connectivity index (χ1) is 14.9. The van der Waals surface area contributed by atoms with Gasteiger partial charge in [0.2, 0.25) is 0 Å². The predicted molar refractivity (Wildman–Crippen MR) is 123 cm³/mol. The number of rotatable bonds is 4. The predicted octanol–water partition coefficient (Wildman–Crippen LogP) is 3.22. The third-order valence-electron chi connectivity index (χ3n) is 5.55. The molecule has 0 bridgehead atoms. The number of hydrogen-bond donors (Lipinski definition) is 1. The van der Waals surface area contributed by atoms with E-state index in [0.29, 0.717) is 19.1 Å².